The first-order chi connectivity index (χ1) is 6.83. The van der Waals surface area contributed by atoms with Crippen LogP contribution in [0, 0.1) is 13.8 Å². The van der Waals surface area contributed by atoms with Gasteiger partial charge in [0, 0.05) is 0 Å². The minimum Gasteiger partial charge on any atom is -0.280 e. The molecule has 1 aromatic carbocycles. The molecule has 0 saturated heterocycles. The Kier molecular flexibility index (Phi) is 3.19. The Morgan fingerprint density at radius 1 is 1.33 bits per heavy atom. The van der Waals surface area contributed by atoms with Gasteiger partial charge >= 0.3 is 0 Å². The Labute approximate surface area is 90.9 Å². The average molecular weight is 225 g/mol. The third kappa shape index (κ3) is 2.83. The maximum Gasteiger partial charge on any atom is 0.257 e. The Hall–Kier alpha value is -1.29. The van der Waals surface area contributed by atoms with Crippen LogP contribution in [0.1, 0.15) is 18.1 Å². The fourth-order valence-electron chi connectivity index (χ4n) is 1.08. The number of hydrogen-bond acceptors (Lipinski definition) is 2. The molecule has 1 rings (SSSR count). The zero-order chi connectivity index (χ0) is 11.6. The predicted octanol–water partition coefficient (Wildman–Crippen LogP) is 2.58. The van der Waals surface area contributed by atoms with Crippen molar-refractivity contribution in [2.45, 2.75) is 20.8 Å². The van der Waals surface area contributed by atoms with Crippen LogP contribution in [0.2, 0.25) is 0 Å². The molecule has 0 bridgehead atoms. The fraction of sp³-hybridized carbons (Fsp3) is 0.273. The highest BCUT2D eigenvalue weighted by atomic mass is 32.2. The van der Waals surface area contributed by atoms with Gasteiger partial charge in [-0.05, 0) is 38.0 Å². The first-order valence-electron chi connectivity index (χ1n) is 4.58. The van der Waals surface area contributed by atoms with Gasteiger partial charge in [0.25, 0.3) is 10.0 Å². The second-order valence-electron chi connectivity index (χ2n) is 3.63. The van der Waals surface area contributed by atoms with E-state index in [1.807, 2.05) is 26.0 Å². The second kappa shape index (κ2) is 4.06. The fourth-order valence-corrected chi connectivity index (χ4v) is 1.76. The van der Waals surface area contributed by atoms with Crippen LogP contribution in [-0.2, 0) is 10.0 Å². The highest BCUT2D eigenvalue weighted by Gasteiger charge is 2.12. The summed E-state index contributed by atoms with van der Waals surface area (Å²) in [6.07, 6.45) is 0. The molecule has 1 N–H and O–H groups in total. The molecule has 0 spiro atoms. The van der Waals surface area contributed by atoms with Gasteiger partial charge in [-0.2, -0.15) is 0 Å². The van der Waals surface area contributed by atoms with Crippen LogP contribution in [-0.4, -0.2) is 8.42 Å². The van der Waals surface area contributed by atoms with Gasteiger partial charge in [0.1, 0.15) is 0 Å². The maximum atomic E-state index is 11.6. The van der Waals surface area contributed by atoms with Crippen LogP contribution in [0.5, 0.6) is 0 Å². The molecule has 0 aliphatic rings. The zero-order valence-electron chi connectivity index (χ0n) is 9.16. The van der Waals surface area contributed by atoms with E-state index in [-0.39, 0.29) is 4.91 Å². The molecule has 4 heteroatoms. The number of hydrogen-bond donors (Lipinski definition) is 1. The van der Waals surface area contributed by atoms with Gasteiger partial charge in [0.05, 0.1) is 10.6 Å². The van der Waals surface area contributed by atoms with Crippen molar-refractivity contribution in [1.82, 2.24) is 0 Å². The summed E-state index contributed by atoms with van der Waals surface area (Å²) in [5, 5.41) is 0. The zero-order valence-corrected chi connectivity index (χ0v) is 9.98. The van der Waals surface area contributed by atoms with Crippen molar-refractivity contribution in [3.63, 3.8) is 0 Å². The summed E-state index contributed by atoms with van der Waals surface area (Å²) >= 11 is 0. The van der Waals surface area contributed by atoms with E-state index in [1.165, 1.54) is 6.92 Å². The van der Waals surface area contributed by atoms with Gasteiger partial charge in [0.15, 0.2) is 0 Å². The summed E-state index contributed by atoms with van der Waals surface area (Å²) in [4.78, 5) is 0.114. The third-order valence-corrected chi connectivity index (χ3v) is 3.50. The van der Waals surface area contributed by atoms with Gasteiger partial charge < -0.3 is 0 Å². The lowest BCUT2D eigenvalue weighted by Crippen LogP contribution is -2.13. The van der Waals surface area contributed by atoms with Crippen molar-refractivity contribution in [3.8, 4) is 0 Å². The van der Waals surface area contributed by atoms with Gasteiger partial charge in [-0.3, -0.25) is 4.72 Å². The molecule has 0 atom stereocenters. The minimum atomic E-state index is -3.43. The minimum absolute atomic E-state index is 0.114. The normalized spacial score (nSPS) is 11.1. The van der Waals surface area contributed by atoms with Crippen molar-refractivity contribution in [2.24, 2.45) is 0 Å². The van der Waals surface area contributed by atoms with Crippen LogP contribution in [0.15, 0.2) is 29.7 Å². The molecule has 0 unspecified atom stereocenters. The highest BCUT2D eigenvalue weighted by Crippen LogP contribution is 2.19. The van der Waals surface area contributed by atoms with Crippen molar-refractivity contribution in [1.29, 1.82) is 0 Å². The molecule has 3 nitrogen and oxygen atoms in total. The lowest BCUT2D eigenvalue weighted by molar-refractivity contribution is 0.607. The summed E-state index contributed by atoms with van der Waals surface area (Å²) in [5.41, 5.74) is 2.52. The first kappa shape index (κ1) is 11.8. The van der Waals surface area contributed by atoms with Crippen LogP contribution in [0.25, 0.3) is 0 Å². The van der Waals surface area contributed by atoms with Crippen LogP contribution in [0.4, 0.5) is 5.69 Å². The van der Waals surface area contributed by atoms with Crippen molar-refractivity contribution in [3.05, 3.63) is 40.8 Å². The van der Waals surface area contributed by atoms with Gasteiger partial charge in [-0.1, -0.05) is 18.7 Å². The predicted molar refractivity (Wildman–Crippen MR) is 63.3 cm³/mol. The van der Waals surface area contributed by atoms with E-state index in [4.69, 9.17) is 0 Å². The summed E-state index contributed by atoms with van der Waals surface area (Å²) in [6, 6.07) is 5.62. The van der Waals surface area contributed by atoms with E-state index >= 15 is 0 Å². The number of aryl methyl sites for hydroxylation is 2. The van der Waals surface area contributed by atoms with E-state index in [1.54, 1.807) is 6.07 Å². The Morgan fingerprint density at radius 2 is 1.93 bits per heavy atom. The SMILES string of the molecule is C=C(C)S(=O)(=O)Nc1cc(C)ccc1C. The summed E-state index contributed by atoms with van der Waals surface area (Å²) in [7, 11) is -3.43. The lowest BCUT2D eigenvalue weighted by atomic mass is 10.1. The number of allylic oxidation sites excluding steroid dienone is 1. The molecule has 0 aromatic heterocycles. The molecular formula is C11H15NO2S. The summed E-state index contributed by atoms with van der Waals surface area (Å²) in [5.74, 6) is 0. The molecule has 0 aliphatic carbocycles. The molecule has 82 valence electrons. The Balaban J connectivity index is 3.10. The number of rotatable bonds is 3. The molecule has 1 aromatic rings. The van der Waals surface area contributed by atoms with Gasteiger partial charge in [-0.25, -0.2) is 8.42 Å². The Morgan fingerprint density at radius 3 is 2.47 bits per heavy atom. The first-order valence-corrected chi connectivity index (χ1v) is 6.07. The van der Waals surface area contributed by atoms with Crippen LogP contribution < -0.4 is 4.72 Å². The molecular weight excluding hydrogens is 210 g/mol. The maximum absolute atomic E-state index is 11.6. The average Bonchev–Trinajstić information content (AvgIpc) is 2.10. The van der Waals surface area contributed by atoms with Crippen molar-refractivity contribution >= 4 is 15.7 Å². The Bertz CT molecular complexity index is 489. The van der Waals surface area contributed by atoms with E-state index in [2.05, 4.69) is 11.3 Å². The molecule has 0 heterocycles. The molecule has 0 aliphatic heterocycles. The summed E-state index contributed by atoms with van der Waals surface area (Å²) < 4.78 is 25.6. The molecule has 0 fully saturated rings. The smallest absolute Gasteiger partial charge is 0.257 e. The molecule has 0 radical (unpaired) electrons. The molecule has 15 heavy (non-hydrogen) atoms. The molecule has 0 saturated carbocycles. The molecule has 0 amide bonds. The number of anilines is 1. The van der Waals surface area contributed by atoms with E-state index in [0.717, 1.165) is 11.1 Å². The van der Waals surface area contributed by atoms with E-state index in [9.17, 15) is 8.42 Å². The number of sulfonamides is 1. The van der Waals surface area contributed by atoms with Crippen LogP contribution >= 0.6 is 0 Å². The quantitative estimate of drug-likeness (QED) is 0.859. The highest BCUT2D eigenvalue weighted by molar-refractivity contribution is 7.96. The summed E-state index contributed by atoms with van der Waals surface area (Å²) in [6.45, 7) is 8.66. The van der Waals surface area contributed by atoms with Crippen molar-refractivity contribution in [2.75, 3.05) is 4.72 Å². The van der Waals surface area contributed by atoms with Gasteiger partial charge in [0.2, 0.25) is 0 Å². The van der Waals surface area contributed by atoms with Crippen LogP contribution in [0.3, 0.4) is 0 Å². The van der Waals surface area contributed by atoms with Gasteiger partial charge in [-0.15, -0.1) is 0 Å². The monoisotopic (exact) mass is 225 g/mol. The number of benzene rings is 1. The van der Waals surface area contributed by atoms with Crippen molar-refractivity contribution < 1.29 is 8.42 Å². The lowest BCUT2D eigenvalue weighted by Gasteiger charge is -2.10. The van der Waals surface area contributed by atoms with E-state index in [0.29, 0.717) is 5.69 Å². The van der Waals surface area contributed by atoms with E-state index < -0.39 is 10.0 Å². The topological polar surface area (TPSA) is 46.2 Å². The largest absolute Gasteiger partial charge is 0.280 e. The number of nitrogens with one attached hydrogen (secondary N) is 1. The second-order valence-corrected chi connectivity index (χ2v) is 5.53. The standard InChI is InChI=1S/C11H15NO2S/c1-8(2)15(13,14)12-11-7-9(3)5-6-10(11)4/h5-7,12H,1H2,2-4H3. The third-order valence-electron chi connectivity index (χ3n) is 2.10.